The van der Waals surface area contributed by atoms with E-state index >= 15 is 0 Å². The number of nitrogens with zero attached hydrogens (tertiary/aromatic N) is 1. The standard InChI is InChI=1S/C25H13ClNS2/c26-19-7-4-8-21-24(19)18-13-20-23(14-22(18)28-21)29-25(27-20)17-11-9-16(10-12-17)15-5-2-1-3-6-15/h2-14H/q+1. The molecule has 1 nitrogen and oxygen atoms in total. The summed E-state index contributed by atoms with van der Waals surface area (Å²) in [5.74, 6) is 0. The molecule has 6 rings (SSSR count). The van der Waals surface area contributed by atoms with Gasteiger partial charge in [-0.25, -0.2) is 4.98 Å². The van der Waals surface area contributed by atoms with Gasteiger partial charge >= 0.3 is 0 Å². The van der Waals surface area contributed by atoms with Crippen LogP contribution in [0.4, 0.5) is 0 Å². The monoisotopic (exact) mass is 426 g/mol. The van der Waals surface area contributed by atoms with Crippen molar-refractivity contribution in [2.24, 2.45) is 0 Å². The van der Waals surface area contributed by atoms with Crippen molar-refractivity contribution < 1.29 is 0 Å². The minimum absolute atomic E-state index is 0.803. The smallest absolute Gasteiger partial charge is 0.124 e. The summed E-state index contributed by atoms with van der Waals surface area (Å²) >= 11 is 10.0. The SMILES string of the molecule is Clc1cccc2sc3cc4sc(-c5ccc(C6=CC=[C+]C=C6)cc5)nc4cc3c12. The molecule has 1 aliphatic rings. The number of hydrogen-bond donors (Lipinski definition) is 0. The molecule has 0 saturated carbocycles. The van der Waals surface area contributed by atoms with E-state index in [-0.39, 0.29) is 0 Å². The number of fused-ring (bicyclic) bond motifs is 4. The second-order valence-corrected chi connectivity index (χ2v) is 9.44. The average molecular weight is 427 g/mol. The predicted molar refractivity (Wildman–Crippen MR) is 128 cm³/mol. The second kappa shape index (κ2) is 6.62. The number of thiophene rings is 1. The summed E-state index contributed by atoms with van der Waals surface area (Å²) in [4.78, 5) is 4.93. The maximum Gasteiger partial charge on any atom is 0.124 e. The van der Waals surface area contributed by atoms with Gasteiger partial charge in [0.15, 0.2) is 0 Å². The molecule has 2 aromatic heterocycles. The van der Waals surface area contributed by atoms with Crippen LogP contribution in [0, 0.1) is 6.08 Å². The van der Waals surface area contributed by atoms with Crippen LogP contribution in [0.2, 0.25) is 5.02 Å². The Bertz CT molecular complexity index is 1500. The molecule has 136 valence electrons. The molecule has 0 radical (unpaired) electrons. The Balaban J connectivity index is 1.45. The summed E-state index contributed by atoms with van der Waals surface area (Å²) in [7, 11) is 0. The fraction of sp³-hybridized carbons (Fsp3) is 0. The molecule has 0 atom stereocenters. The van der Waals surface area contributed by atoms with E-state index in [1.165, 1.54) is 30.6 Å². The fourth-order valence-corrected chi connectivity index (χ4v) is 6.26. The summed E-state index contributed by atoms with van der Waals surface area (Å²) in [6.45, 7) is 0. The average Bonchev–Trinajstić information content (AvgIpc) is 3.34. The van der Waals surface area contributed by atoms with Gasteiger partial charge in [-0.2, -0.15) is 0 Å². The normalized spacial score (nSPS) is 13.3. The predicted octanol–water partition coefficient (Wildman–Crippen LogP) is 8.30. The van der Waals surface area contributed by atoms with Crippen molar-refractivity contribution in [3.8, 4) is 10.6 Å². The quantitative estimate of drug-likeness (QED) is 0.259. The maximum absolute atomic E-state index is 6.48. The number of hydrogen-bond acceptors (Lipinski definition) is 3. The van der Waals surface area contributed by atoms with Crippen LogP contribution in [0.15, 0.2) is 78.9 Å². The van der Waals surface area contributed by atoms with Gasteiger partial charge in [-0.3, -0.25) is 0 Å². The van der Waals surface area contributed by atoms with Crippen LogP contribution in [-0.2, 0) is 0 Å². The molecule has 0 aliphatic heterocycles. The second-order valence-electron chi connectivity index (χ2n) is 6.92. The lowest BCUT2D eigenvalue weighted by molar-refractivity contribution is 1.48. The number of benzene rings is 3. The topological polar surface area (TPSA) is 12.9 Å². The first-order valence-corrected chi connectivity index (χ1v) is 11.3. The van der Waals surface area contributed by atoms with Crippen LogP contribution in [0.1, 0.15) is 5.56 Å². The van der Waals surface area contributed by atoms with Crippen molar-refractivity contribution in [1.82, 2.24) is 4.98 Å². The van der Waals surface area contributed by atoms with Crippen molar-refractivity contribution in [2.45, 2.75) is 0 Å². The Morgan fingerprint density at radius 3 is 2.55 bits per heavy atom. The molecule has 2 heterocycles. The highest BCUT2D eigenvalue weighted by molar-refractivity contribution is 7.26. The highest BCUT2D eigenvalue weighted by atomic mass is 35.5. The third kappa shape index (κ3) is 2.83. The molecule has 0 N–H and O–H groups in total. The lowest BCUT2D eigenvalue weighted by Crippen LogP contribution is -1.83. The van der Waals surface area contributed by atoms with Crippen LogP contribution in [0.5, 0.6) is 0 Å². The van der Waals surface area contributed by atoms with Gasteiger partial charge in [0.1, 0.15) is 17.2 Å². The van der Waals surface area contributed by atoms with Gasteiger partial charge in [0, 0.05) is 42.4 Å². The van der Waals surface area contributed by atoms with Gasteiger partial charge in [0.05, 0.1) is 27.9 Å². The fourth-order valence-electron chi connectivity index (χ4n) is 3.71. The Morgan fingerprint density at radius 1 is 0.862 bits per heavy atom. The van der Waals surface area contributed by atoms with Crippen LogP contribution < -0.4 is 0 Å². The lowest BCUT2D eigenvalue weighted by Gasteiger charge is -2.00. The molecule has 0 spiro atoms. The van der Waals surface area contributed by atoms with E-state index in [1.807, 2.05) is 24.3 Å². The molecule has 5 aromatic rings. The van der Waals surface area contributed by atoms with Gasteiger partial charge < -0.3 is 0 Å². The third-order valence-electron chi connectivity index (χ3n) is 5.14. The number of halogens is 1. The molecular weight excluding hydrogens is 414 g/mol. The minimum atomic E-state index is 0.803. The summed E-state index contributed by atoms with van der Waals surface area (Å²) < 4.78 is 3.68. The Labute approximate surface area is 180 Å². The lowest BCUT2D eigenvalue weighted by atomic mass is 10.0. The minimum Gasteiger partial charge on any atom is -0.236 e. The van der Waals surface area contributed by atoms with E-state index in [1.54, 1.807) is 22.7 Å². The van der Waals surface area contributed by atoms with E-state index in [0.717, 1.165) is 26.5 Å². The van der Waals surface area contributed by atoms with Gasteiger partial charge in [-0.15, -0.1) is 22.7 Å². The third-order valence-corrected chi connectivity index (χ3v) is 7.64. The van der Waals surface area contributed by atoms with Crippen molar-refractivity contribution in [3.63, 3.8) is 0 Å². The highest BCUT2D eigenvalue weighted by Crippen LogP contribution is 2.41. The molecule has 4 heteroatoms. The molecule has 3 aromatic carbocycles. The zero-order chi connectivity index (χ0) is 19.4. The van der Waals surface area contributed by atoms with Crippen LogP contribution in [0.25, 0.3) is 46.5 Å². The summed E-state index contributed by atoms with van der Waals surface area (Å²) in [5.41, 5.74) is 4.57. The Morgan fingerprint density at radius 2 is 1.72 bits per heavy atom. The molecule has 0 unspecified atom stereocenters. The summed E-state index contributed by atoms with van der Waals surface area (Å²) in [6, 6.07) is 19.1. The van der Waals surface area contributed by atoms with Crippen molar-refractivity contribution in [3.05, 3.63) is 95.6 Å². The van der Waals surface area contributed by atoms with Crippen LogP contribution in [0.3, 0.4) is 0 Å². The van der Waals surface area contributed by atoms with E-state index in [2.05, 4.69) is 60.7 Å². The Hall–Kier alpha value is -2.81. The van der Waals surface area contributed by atoms with E-state index < -0.39 is 0 Å². The molecule has 0 fully saturated rings. The zero-order valence-electron chi connectivity index (χ0n) is 15.1. The zero-order valence-corrected chi connectivity index (χ0v) is 17.5. The number of allylic oxidation sites excluding steroid dienone is 6. The van der Waals surface area contributed by atoms with E-state index in [4.69, 9.17) is 16.6 Å². The molecule has 0 amide bonds. The molecular formula is C25H13ClNS2+. The number of aromatic nitrogens is 1. The first-order valence-electron chi connectivity index (χ1n) is 9.24. The highest BCUT2D eigenvalue weighted by Gasteiger charge is 2.13. The molecule has 0 saturated heterocycles. The van der Waals surface area contributed by atoms with Crippen molar-refractivity contribution >= 4 is 70.2 Å². The largest absolute Gasteiger partial charge is 0.236 e. The Kier molecular flexibility index (Phi) is 3.90. The molecule has 29 heavy (non-hydrogen) atoms. The molecule has 1 aliphatic carbocycles. The van der Waals surface area contributed by atoms with Gasteiger partial charge in [0.2, 0.25) is 0 Å². The molecule has 0 bridgehead atoms. The van der Waals surface area contributed by atoms with E-state index in [0.29, 0.717) is 0 Å². The van der Waals surface area contributed by atoms with E-state index in [9.17, 15) is 0 Å². The number of thiazole rings is 1. The van der Waals surface area contributed by atoms with Crippen molar-refractivity contribution in [2.75, 3.05) is 0 Å². The van der Waals surface area contributed by atoms with Crippen LogP contribution in [-0.4, -0.2) is 4.98 Å². The summed E-state index contributed by atoms with van der Waals surface area (Å²) in [6.07, 6.45) is 11.1. The van der Waals surface area contributed by atoms with Crippen LogP contribution >= 0.6 is 34.3 Å². The maximum atomic E-state index is 6.48. The summed E-state index contributed by atoms with van der Waals surface area (Å²) in [5, 5.41) is 4.17. The first kappa shape index (κ1) is 17.1. The number of rotatable bonds is 2. The van der Waals surface area contributed by atoms with Gasteiger partial charge in [0.25, 0.3) is 0 Å². The first-order chi connectivity index (χ1) is 14.3. The van der Waals surface area contributed by atoms with Crippen molar-refractivity contribution in [1.29, 1.82) is 0 Å². The van der Waals surface area contributed by atoms with Gasteiger partial charge in [-0.1, -0.05) is 41.9 Å². The van der Waals surface area contributed by atoms with Gasteiger partial charge in [-0.05, 0) is 24.3 Å².